The van der Waals surface area contributed by atoms with Gasteiger partial charge in [0.15, 0.2) is 0 Å². The largest absolute Gasteiger partial charge is 0.375 e. The van der Waals surface area contributed by atoms with Crippen LogP contribution in [0.1, 0.15) is 45.4 Å². The van der Waals surface area contributed by atoms with Gasteiger partial charge < -0.3 is 15.0 Å². The van der Waals surface area contributed by atoms with E-state index in [1.165, 1.54) is 32.1 Å². The second kappa shape index (κ2) is 8.77. The van der Waals surface area contributed by atoms with Crippen LogP contribution in [-0.2, 0) is 9.53 Å². The van der Waals surface area contributed by atoms with E-state index in [0.717, 1.165) is 26.2 Å². The van der Waals surface area contributed by atoms with E-state index in [1.807, 2.05) is 0 Å². The summed E-state index contributed by atoms with van der Waals surface area (Å²) in [5.74, 6) is 0.276. The van der Waals surface area contributed by atoms with Crippen LogP contribution in [0.5, 0.6) is 0 Å². The summed E-state index contributed by atoms with van der Waals surface area (Å²) in [5, 5.41) is 3.28. The zero-order chi connectivity index (χ0) is 12.8. The first-order chi connectivity index (χ1) is 8.81. The molecule has 0 spiro atoms. The quantitative estimate of drug-likeness (QED) is 0.861. The molecule has 1 aliphatic carbocycles. The van der Waals surface area contributed by atoms with Crippen molar-refractivity contribution in [3.05, 3.63) is 0 Å². The lowest BCUT2D eigenvalue weighted by Gasteiger charge is -2.35. The maximum absolute atomic E-state index is 12.4. The number of rotatable bonds is 4. The third-order valence-electron chi connectivity index (χ3n) is 4.08. The van der Waals surface area contributed by atoms with Gasteiger partial charge in [0.1, 0.15) is 0 Å². The smallest absolute Gasteiger partial charge is 0.225 e. The van der Waals surface area contributed by atoms with Crippen LogP contribution in [0.3, 0.4) is 0 Å². The molecule has 1 N–H and O–H groups in total. The van der Waals surface area contributed by atoms with Crippen LogP contribution >= 0.6 is 12.4 Å². The van der Waals surface area contributed by atoms with Crippen molar-refractivity contribution in [2.75, 3.05) is 26.2 Å². The molecule has 2 fully saturated rings. The van der Waals surface area contributed by atoms with Crippen LogP contribution < -0.4 is 5.32 Å². The van der Waals surface area contributed by atoms with Crippen molar-refractivity contribution in [2.24, 2.45) is 0 Å². The van der Waals surface area contributed by atoms with Crippen LogP contribution in [0.4, 0.5) is 0 Å². The van der Waals surface area contributed by atoms with E-state index in [4.69, 9.17) is 4.74 Å². The van der Waals surface area contributed by atoms with Gasteiger partial charge in [0.2, 0.25) is 5.91 Å². The second-order valence-electron chi connectivity index (χ2n) is 5.37. The number of nitrogens with one attached hydrogen (secondary N) is 1. The van der Waals surface area contributed by atoms with Crippen LogP contribution in [0, 0.1) is 0 Å². The molecule has 1 saturated heterocycles. The molecule has 4 nitrogen and oxygen atoms in total. The number of amides is 1. The lowest BCUT2D eigenvalue weighted by Crippen LogP contribution is -2.46. The minimum Gasteiger partial charge on any atom is -0.375 e. The Bertz CT molecular complexity index is 264. The predicted octanol–water partition coefficient (Wildman–Crippen LogP) is 1.97. The Kier molecular flexibility index (Phi) is 7.73. The zero-order valence-electron chi connectivity index (χ0n) is 11.9. The summed E-state index contributed by atoms with van der Waals surface area (Å²) >= 11 is 0. The molecule has 0 bridgehead atoms. The fourth-order valence-electron chi connectivity index (χ4n) is 3.09. The summed E-state index contributed by atoms with van der Waals surface area (Å²) in [6.45, 7) is 5.38. The number of ether oxygens (including phenoxy) is 1. The molecule has 1 heterocycles. The molecule has 1 atom stereocenters. The normalized spacial score (nSPS) is 24.6. The van der Waals surface area contributed by atoms with Gasteiger partial charge in [0.05, 0.1) is 19.1 Å². The summed E-state index contributed by atoms with van der Waals surface area (Å²) in [7, 11) is 0. The van der Waals surface area contributed by atoms with E-state index in [0.29, 0.717) is 12.5 Å². The molecule has 1 aliphatic heterocycles. The average Bonchev–Trinajstić information content (AvgIpc) is 2.42. The SMILES string of the molecule is CCN(C(=O)CC1CNCCO1)C1CCCCC1.Cl. The van der Waals surface area contributed by atoms with E-state index in [-0.39, 0.29) is 24.4 Å². The predicted molar refractivity (Wildman–Crippen MR) is 78.7 cm³/mol. The number of hydrogen-bond acceptors (Lipinski definition) is 3. The van der Waals surface area contributed by atoms with Crippen LogP contribution in [0.15, 0.2) is 0 Å². The Morgan fingerprint density at radius 2 is 2.05 bits per heavy atom. The number of carbonyl (C=O) groups excluding carboxylic acids is 1. The number of hydrogen-bond donors (Lipinski definition) is 1. The third-order valence-corrected chi connectivity index (χ3v) is 4.08. The number of nitrogens with zero attached hydrogens (tertiary/aromatic N) is 1. The molecule has 112 valence electrons. The molecule has 2 rings (SSSR count). The van der Waals surface area contributed by atoms with Crippen molar-refractivity contribution in [3.63, 3.8) is 0 Å². The fraction of sp³-hybridized carbons (Fsp3) is 0.929. The summed E-state index contributed by atoms with van der Waals surface area (Å²) in [6.07, 6.45) is 6.86. The van der Waals surface area contributed by atoms with Gasteiger partial charge in [-0.15, -0.1) is 12.4 Å². The van der Waals surface area contributed by atoms with Crippen molar-refractivity contribution < 1.29 is 9.53 Å². The highest BCUT2D eigenvalue weighted by Gasteiger charge is 2.26. The first-order valence-electron chi connectivity index (χ1n) is 7.43. The van der Waals surface area contributed by atoms with Crippen molar-refractivity contribution >= 4 is 18.3 Å². The average molecular weight is 291 g/mol. The Balaban J connectivity index is 0.00000180. The molecule has 0 aromatic rings. The van der Waals surface area contributed by atoms with Crippen molar-refractivity contribution in [3.8, 4) is 0 Å². The van der Waals surface area contributed by atoms with Gasteiger partial charge in [-0.25, -0.2) is 0 Å². The van der Waals surface area contributed by atoms with E-state index < -0.39 is 0 Å². The topological polar surface area (TPSA) is 41.6 Å². The second-order valence-corrected chi connectivity index (χ2v) is 5.37. The minimum atomic E-state index is 0. The molecule has 0 radical (unpaired) electrons. The number of carbonyl (C=O) groups is 1. The van der Waals surface area contributed by atoms with Gasteiger partial charge in [-0.2, -0.15) is 0 Å². The van der Waals surface area contributed by atoms with Gasteiger partial charge in [0, 0.05) is 25.7 Å². The molecule has 5 heteroatoms. The standard InChI is InChI=1S/C14H26N2O2.ClH/c1-2-16(12-6-4-3-5-7-12)14(17)10-13-11-15-8-9-18-13;/h12-13,15H,2-11H2,1H3;1H. The zero-order valence-corrected chi connectivity index (χ0v) is 12.7. The third kappa shape index (κ3) is 4.93. The first-order valence-corrected chi connectivity index (χ1v) is 7.43. The van der Waals surface area contributed by atoms with Gasteiger partial charge in [0.25, 0.3) is 0 Å². The molecule has 19 heavy (non-hydrogen) atoms. The maximum atomic E-state index is 12.4. The Morgan fingerprint density at radius 1 is 1.32 bits per heavy atom. The molecule has 0 aromatic heterocycles. The monoisotopic (exact) mass is 290 g/mol. The summed E-state index contributed by atoms with van der Waals surface area (Å²) in [4.78, 5) is 14.4. The van der Waals surface area contributed by atoms with Gasteiger partial charge in [-0.05, 0) is 19.8 Å². The number of morpholine rings is 1. The van der Waals surface area contributed by atoms with E-state index in [1.54, 1.807) is 0 Å². The highest BCUT2D eigenvalue weighted by molar-refractivity contribution is 5.85. The van der Waals surface area contributed by atoms with Gasteiger partial charge in [-0.3, -0.25) is 4.79 Å². The van der Waals surface area contributed by atoms with Crippen LogP contribution in [0.2, 0.25) is 0 Å². The highest BCUT2D eigenvalue weighted by Crippen LogP contribution is 2.23. The Labute approximate surface area is 122 Å². The minimum absolute atomic E-state index is 0. The lowest BCUT2D eigenvalue weighted by molar-refractivity contribution is -0.137. The van der Waals surface area contributed by atoms with Crippen LogP contribution in [0.25, 0.3) is 0 Å². The van der Waals surface area contributed by atoms with Crippen molar-refractivity contribution in [1.82, 2.24) is 10.2 Å². The fourth-order valence-corrected chi connectivity index (χ4v) is 3.09. The van der Waals surface area contributed by atoms with E-state index >= 15 is 0 Å². The molecular formula is C14H27ClN2O2. The summed E-state index contributed by atoms with van der Waals surface area (Å²) in [5.41, 5.74) is 0. The Hall–Kier alpha value is -0.320. The van der Waals surface area contributed by atoms with E-state index in [2.05, 4.69) is 17.1 Å². The van der Waals surface area contributed by atoms with Gasteiger partial charge >= 0.3 is 0 Å². The molecule has 1 unspecified atom stereocenters. The van der Waals surface area contributed by atoms with Crippen molar-refractivity contribution in [2.45, 2.75) is 57.6 Å². The van der Waals surface area contributed by atoms with Gasteiger partial charge in [-0.1, -0.05) is 19.3 Å². The molecule has 1 saturated carbocycles. The van der Waals surface area contributed by atoms with E-state index in [9.17, 15) is 4.79 Å². The van der Waals surface area contributed by atoms with Crippen LogP contribution in [-0.4, -0.2) is 49.2 Å². The molecular weight excluding hydrogens is 264 g/mol. The molecule has 0 aromatic carbocycles. The maximum Gasteiger partial charge on any atom is 0.225 e. The highest BCUT2D eigenvalue weighted by atomic mass is 35.5. The van der Waals surface area contributed by atoms with Crippen molar-refractivity contribution in [1.29, 1.82) is 0 Å². The summed E-state index contributed by atoms with van der Waals surface area (Å²) in [6, 6.07) is 0.479. The number of halogens is 1. The molecule has 1 amide bonds. The Morgan fingerprint density at radius 3 is 2.63 bits per heavy atom. The molecule has 2 aliphatic rings. The summed E-state index contributed by atoms with van der Waals surface area (Å²) < 4.78 is 5.62. The first kappa shape index (κ1) is 16.7. The lowest BCUT2D eigenvalue weighted by atomic mass is 9.94.